The molecule has 0 saturated heterocycles. The van der Waals surface area contributed by atoms with Gasteiger partial charge in [-0.25, -0.2) is 4.39 Å². The predicted molar refractivity (Wildman–Crippen MR) is 67.8 cm³/mol. The topological polar surface area (TPSA) is 68.1 Å². The average Bonchev–Trinajstić information content (AvgIpc) is 2.39. The molecule has 98 valence electrons. The first-order chi connectivity index (χ1) is 9.15. The molecule has 2 aromatic rings. The second kappa shape index (κ2) is 6.01. The van der Waals surface area contributed by atoms with E-state index in [1.54, 1.807) is 12.4 Å². The summed E-state index contributed by atoms with van der Waals surface area (Å²) in [5, 5.41) is 13.7. The van der Waals surface area contributed by atoms with Gasteiger partial charge in [-0.1, -0.05) is 0 Å². The molecule has 0 aliphatic heterocycles. The van der Waals surface area contributed by atoms with E-state index in [1.165, 1.54) is 12.1 Å². The largest absolute Gasteiger partial charge is 0.309 e. The fourth-order valence-corrected chi connectivity index (χ4v) is 1.69. The number of pyridine rings is 1. The van der Waals surface area contributed by atoms with Crippen LogP contribution in [0.4, 0.5) is 10.1 Å². The van der Waals surface area contributed by atoms with E-state index < -0.39 is 10.7 Å². The fourth-order valence-electron chi connectivity index (χ4n) is 1.69. The third kappa shape index (κ3) is 3.82. The summed E-state index contributed by atoms with van der Waals surface area (Å²) in [5.41, 5.74) is 1.35. The third-order valence-corrected chi connectivity index (χ3v) is 2.56. The summed E-state index contributed by atoms with van der Waals surface area (Å²) in [6.07, 6.45) is 3.37. The van der Waals surface area contributed by atoms with Gasteiger partial charge in [0.25, 0.3) is 5.69 Å². The molecule has 1 N–H and O–H groups in total. The lowest BCUT2D eigenvalue weighted by atomic mass is 10.2. The Bertz CT molecular complexity index is 575. The first kappa shape index (κ1) is 13.1. The van der Waals surface area contributed by atoms with Crippen molar-refractivity contribution in [1.29, 1.82) is 0 Å². The molecule has 1 heterocycles. The number of hydrogen-bond donors (Lipinski definition) is 1. The maximum Gasteiger partial charge on any atom is 0.272 e. The molecule has 0 amide bonds. The zero-order valence-corrected chi connectivity index (χ0v) is 10.0. The maximum atomic E-state index is 13.2. The minimum atomic E-state index is -0.602. The average molecular weight is 261 g/mol. The van der Waals surface area contributed by atoms with E-state index in [2.05, 4.69) is 10.3 Å². The lowest BCUT2D eigenvalue weighted by Gasteiger charge is -2.05. The van der Waals surface area contributed by atoms with Crippen molar-refractivity contribution in [3.63, 3.8) is 0 Å². The summed E-state index contributed by atoms with van der Waals surface area (Å²) in [5.74, 6) is -0.602. The van der Waals surface area contributed by atoms with Crippen LogP contribution in [-0.4, -0.2) is 9.91 Å². The molecular formula is C13H12FN3O2. The Morgan fingerprint density at radius 2 is 1.84 bits per heavy atom. The highest BCUT2D eigenvalue weighted by molar-refractivity contribution is 5.35. The smallest absolute Gasteiger partial charge is 0.272 e. The van der Waals surface area contributed by atoms with Gasteiger partial charge in [-0.15, -0.1) is 0 Å². The van der Waals surface area contributed by atoms with Gasteiger partial charge in [-0.3, -0.25) is 15.1 Å². The zero-order chi connectivity index (χ0) is 13.7. The highest BCUT2D eigenvalue weighted by Crippen LogP contribution is 2.16. The second-order valence-corrected chi connectivity index (χ2v) is 4.03. The highest BCUT2D eigenvalue weighted by Gasteiger charge is 2.09. The molecule has 0 spiro atoms. The van der Waals surface area contributed by atoms with Crippen molar-refractivity contribution in [3.05, 3.63) is 69.8 Å². The lowest BCUT2D eigenvalue weighted by molar-refractivity contribution is -0.385. The molecule has 0 unspecified atom stereocenters. The van der Waals surface area contributed by atoms with E-state index in [-0.39, 0.29) is 5.69 Å². The van der Waals surface area contributed by atoms with Gasteiger partial charge in [-0.05, 0) is 29.3 Å². The van der Waals surface area contributed by atoms with Crippen molar-refractivity contribution in [2.45, 2.75) is 13.1 Å². The van der Waals surface area contributed by atoms with E-state index >= 15 is 0 Å². The van der Waals surface area contributed by atoms with Crippen LogP contribution in [-0.2, 0) is 13.1 Å². The molecule has 0 fully saturated rings. The SMILES string of the molecule is O=[N+]([O-])c1cc(F)cc(CNCc2ccncc2)c1. The van der Waals surface area contributed by atoms with Crippen LogP contribution >= 0.6 is 0 Å². The highest BCUT2D eigenvalue weighted by atomic mass is 19.1. The number of non-ortho nitro benzene ring substituents is 1. The Morgan fingerprint density at radius 1 is 1.16 bits per heavy atom. The lowest BCUT2D eigenvalue weighted by Crippen LogP contribution is -2.13. The zero-order valence-electron chi connectivity index (χ0n) is 10.0. The first-order valence-corrected chi connectivity index (χ1v) is 5.68. The van der Waals surface area contributed by atoms with Crippen molar-refractivity contribution in [1.82, 2.24) is 10.3 Å². The van der Waals surface area contributed by atoms with Crippen molar-refractivity contribution >= 4 is 5.69 Å². The number of benzene rings is 1. The standard InChI is InChI=1S/C13H12FN3O2/c14-12-5-11(6-13(7-12)17(18)19)9-16-8-10-1-3-15-4-2-10/h1-7,16H,8-9H2. The maximum absolute atomic E-state index is 13.2. The Morgan fingerprint density at radius 3 is 2.53 bits per heavy atom. The van der Waals surface area contributed by atoms with Gasteiger partial charge in [0.05, 0.1) is 11.0 Å². The van der Waals surface area contributed by atoms with Crippen molar-refractivity contribution in [2.24, 2.45) is 0 Å². The molecule has 0 radical (unpaired) electrons. The molecule has 2 rings (SSSR count). The molecule has 1 aromatic carbocycles. The number of nitro benzene ring substituents is 1. The van der Waals surface area contributed by atoms with Gasteiger partial charge < -0.3 is 5.32 Å². The molecule has 1 aromatic heterocycles. The first-order valence-electron chi connectivity index (χ1n) is 5.68. The van der Waals surface area contributed by atoms with Crippen molar-refractivity contribution < 1.29 is 9.31 Å². The quantitative estimate of drug-likeness (QED) is 0.663. The van der Waals surface area contributed by atoms with Crippen LogP contribution in [0, 0.1) is 15.9 Å². The van der Waals surface area contributed by atoms with Gasteiger partial charge in [0.1, 0.15) is 5.82 Å². The minimum Gasteiger partial charge on any atom is -0.309 e. The number of hydrogen-bond acceptors (Lipinski definition) is 4. The molecular weight excluding hydrogens is 249 g/mol. The summed E-state index contributed by atoms with van der Waals surface area (Å²) >= 11 is 0. The van der Waals surface area contributed by atoms with Crippen LogP contribution in [0.25, 0.3) is 0 Å². The summed E-state index contributed by atoms with van der Waals surface area (Å²) in [6, 6.07) is 7.28. The summed E-state index contributed by atoms with van der Waals surface area (Å²) in [4.78, 5) is 13.9. The van der Waals surface area contributed by atoms with Crippen LogP contribution in [0.15, 0.2) is 42.7 Å². The Labute approximate surface area is 109 Å². The fraction of sp³-hybridized carbons (Fsp3) is 0.154. The summed E-state index contributed by atoms with van der Waals surface area (Å²) in [7, 11) is 0. The van der Waals surface area contributed by atoms with Crippen LogP contribution in [0.1, 0.15) is 11.1 Å². The van der Waals surface area contributed by atoms with Crippen LogP contribution < -0.4 is 5.32 Å². The van der Waals surface area contributed by atoms with Crippen LogP contribution in [0.3, 0.4) is 0 Å². The molecule has 19 heavy (non-hydrogen) atoms. The van der Waals surface area contributed by atoms with E-state index in [9.17, 15) is 14.5 Å². The van der Waals surface area contributed by atoms with E-state index in [0.29, 0.717) is 18.7 Å². The molecule has 0 aliphatic rings. The van der Waals surface area contributed by atoms with Gasteiger partial charge in [-0.2, -0.15) is 0 Å². The monoisotopic (exact) mass is 261 g/mol. The van der Waals surface area contributed by atoms with Crippen LogP contribution in [0.5, 0.6) is 0 Å². The van der Waals surface area contributed by atoms with Crippen molar-refractivity contribution in [3.8, 4) is 0 Å². The van der Waals surface area contributed by atoms with Gasteiger partial charge in [0.15, 0.2) is 0 Å². The Kier molecular flexibility index (Phi) is 4.15. The van der Waals surface area contributed by atoms with Gasteiger partial charge >= 0.3 is 0 Å². The molecule has 0 atom stereocenters. The molecule has 6 heteroatoms. The van der Waals surface area contributed by atoms with Gasteiger partial charge in [0, 0.05) is 31.5 Å². The normalized spacial score (nSPS) is 10.4. The predicted octanol–water partition coefficient (Wildman–Crippen LogP) is 2.42. The third-order valence-electron chi connectivity index (χ3n) is 2.56. The number of nitrogens with one attached hydrogen (secondary N) is 1. The summed E-state index contributed by atoms with van der Waals surface area (Å²) < 4.78 is 13.2. The number of halogens is 1. The van der Waals surface area contributed by atoms with E-state index in [1.807, 2.05) is 12.1 Å². The number of aromatic nitrogens is 1. The number of nitro groups is 1. The Hall–Kier alpha value is -2.34. The van der Waals surface area contributed by atoms with E-state index in [4.69, 9.17) is 0 Å². The second-order valence-electron chi connectivity index (χ2n) is 4.03. The summed E-state index contributed by atoms with van der Waals surface area (Å²) in [6.45, 7) is 0.952. The van der Waals surface area contributed by atoms with E-state index in [0.717, 1.165) is 11.6 Å². The molecule has 0 saturated carbocycles. The molecule has 5 nitrogen and oxygen atoms in total. The van der Waals surface area contributed by atoms with Crippen LogP contribution in [0.2, 0.25) is 0 Å². The Balaban J connectivity index is 1.98. The molecule has 0 bridgehead atoms. The molecule has 0 aliphatic carbocycles. The minimum absolute atomic E-state index is 0.235. The number of nitrogens with zero attached hydrogens (tertiary/aromatic N) is 2. The number of rotatable bonds is 5. The van der Waals surface area contributed by atoms with Gasteiger partial charge in [0.2, 0.25) is 0 Å². The van der Waals surface area contributed by atoms with Crippen molar-refractivity contribution in [2.75, 3.05) is 0 Å².